The van der Waals surface area contributed by atoms with Crippen LogP contribution < -0.4 is 0 Å². The molecule has 2 heteroatoms. The third kappa shape index (κ3) is 4.11. The lowest BCUT2D eigenvalue weighted by molar-refractivity contribution is 0.316. The molecule has 2 nitrogen and oxygen atoms in total. The number of nitrogens with zero attached hydrogens (tertiary/aromatic N) is 1. The molecule has 0 saturated heterocycles. The van der Waals surface area contributed by atoms with Gasteiger partial charge in [0.05, 0.1) is 5.71 Å². The van der Waals surface area contributed by atoms with Gasteiger partial charge in [-0.1, -0.05) is 45.3 Å². The van der Waals surface area contributed by atoms with Crippen molar-refractivity contribution in [3.8, 4) is 0 Å². The summed E-state index contributed by atoms with van der Waals surface area (Å²) in [5, 5.41) is 12.0. The molecule has 0 aromatic heterocycles. The van der Waals surface area contributed by atoms with Gasteiger partial charge in [-0.2, -0.15) is 0 Å². The topological polar surface area (TPSA) is 32.6 Å². The minimum absolute atomic E-state index is 0.144. The van der Waals surface area contributed by atoms with Crippen LogP contribution in [-0.2, 0) is 0 Å². The number of rotatable bonds is 2. The molecule has 0 aliphatic rings. The van der Waals surface area contributed by atoms with Crippen LogP contribution in [0, 0.1) is 11.3 Å². The molecule has 0 aromatic rings. The molecule has 1 N–H and O–H groups in total. The Morgan fingerprint density at radius 3 is 2.00 bits per heavy atom. The van der Waals surface area contributed by atoms with Crippen LogP contribution in [0.1, 0.15) is 41.5 Å². The van der Waals surface area contributed by atoms with Gasteiger partial charge >= 0.3 is 0 Å². The highest BCUT2D eigenvalue weighted by atomic mass is 16.4. The zero-order chi connectivity index (χ0) is 10.6. The first-order valence-electron chi connectivity index (χ1n) is 4.69. The van der Waals surface area contributed by atoms with Crippen molar-refractivity contribution in [2.24, 2.45) is 16.5 Å². The minimum atomic E-state index is 0.144. The molecule has 0 bridgehead atoms. The van der Waals surface area contributed by atoms with E-state index in [2.05, 4.69) is 32.9 Å². The highest BCUT2D eigenvalue weighted by Crippen LogP contribution is 2.24. The van der Waals surface area contributed by atoms with E-state index in [4.69, 9.17) is 5.21 Å². The Morgan fingerprint density at radius 1 is 1.31 bits per heavy atom. The summed E-state index contributed by atoms with van der Waals surface area (Å²) in [5.74, 6) is 0.266. The molecule has 0 heterocycles. The zero-order valence-electron chi connectivity index (χ0n) is 9.55. The Morgan fingerprint density at radius 2 is 1.77 bits per heavy atom. The lowest BCUT2D eigenvalue weighted by atomic mass is 9.86. The molecule has 0 aliphatic heterocycles. The Labute approximate surface area is 81.3 Å². The highest BCUT2D eigenvalue weighted by Gasteiger charge is 2.14. The molecular formula is C11H21NO. The predicted octanol–water partition coefficient (Wildman–Crippen LogP) is 3.47. The van der Waals surface area contributed by atoms with Gasteiger partial charge in [-0.15, -0.1) is 0 Å². The van der Waals surface area contributed by atoms with Crippen molar-refractivity contribution in [2.45, 2.75) is 41.5 Å². The Hall–Kier alpha value is -0.790. The first-order chi connectivity index (χ1) is 5.79. The molecular weight excluding hydrogens is 162 g/mol. The lowest BCUT2D eigenvalue weighted by Crippen LogP contribution is -2.11. The molecule has 0 aromatic carbocycles. The van der Waals surface area contributed by atoms with E-state index >= 15 is 0 Å². The second-order valence-electron chi connectivity index (χ2n) is 4.76. The van der Waals surface area contributed by atoms with Gasteiger partial charge in [0.2, 0.25) is 0 Å². The first-order valence-corrected chi connectivity index (χ1v) is 4.69. The monoisotopic (exact) mass is 183 g/mol. The molecule has 0 fully saturated rings. The minimum Gasteiger partial charge on any atom is -0.411 e. The van der Waals surface area contributed by atoms with Crippen molar-refractivity contribution in [3.05, 3.63) is 11.6 Å². The van der Waals surface area contributed by atoms with Crippen LogP contribution in [0.4, 0.5) is 0 Å². The highest BCUT2D eigenvalue weighted by molar-refractivity contribution is 5.96. The molecule has 0 aliphatic carbocycles. The van der Waals surface area contributed by atoms with Gasteiger partial charge in [-0.25, -0.2) is 0 Å². The van der Waals surface area contributed by atoms with Crippen LogP contribution in [0.2, 0.25) is 0 Å². The quantitative estimate of drug-likeness (QED) is 0.397. The summed E-state index contributed by atoms with van der Waals surface area (Å²) in [7, 11) is 0. The SMILES string of the molecule is C/C(=C\C(=N/O)C(C)C)C(C)(C)C. The van der Waals surface area contributed by atoms with Crippen LogP contribution in [0.25, 0.3) is 0 Å². The summed E-state index contributed by atoms with van der Waals surface area (Å²) in [4.78, 5) is 0. The van der Waals surface area contributed by atoms with Crippen LogP contribution in [0.3, 0.4) is 0 Å². The fourth-order valence-corrected chi connectivity index (χ4v) is 0.749. The first kappa shape index (κ1) is 12.2. The molecule has 0 amide bonds. The summed E-state index contributed by atoms with van der Waals surface area (Å²) >= 11 is 0. The number of allylic oxidation sites excluding steroid dienone is 2. The molecule has 0 atom stereocenters. The van der Waals surface area contributed by atoms with E-state index in [1.54, 1.807) is 0 Å². The summed E-state index contributed by atoms with van der Waals surface area (Å²) in [6.45, 7) is 12.5. The van der Waals surface area contributed by atoms with Crippen molar-refractivity contribution in [3.63, 3.8) is 0 Å². The van der Waals surface area contributed by atoms with Crippen LogP contribution in [0.5, 0.6) is 0 Å². The fraction of sp³-hybridized carbons (Fsp3) is 0.727. The van der Waals surface area contributed by atoms with Gasteiger partial charge in [-0.05, 0) is 24.3 Å². The smallest absolute Gasteiger partial charge is 0.0820 e. The van der Waals surface area contributed by atoms with E-state index in [0.717, 1.165) is 5.71 Å². The number of hydrogen-bond acceptors (Lipinski definition) is 2. The van der Waals surface area contributed by atoms with Crippen LogP contribution in [-0.4, -0.2) is 10.9 Å². The van der Waals surface area contributed by atoms with E-state index in [1.165, 1.54) is 5.57 Å². The standard InChI is InChI=1S/C11H21NO/c1-8(2)10(12-13)7-9(3)11(4,5)6/h7-8,13H,1-6H3/b9-7+,12-10+. The summed E-state index contributed by atoms with van der Waals surface area (Å²) < 4.78 is 0. The number of hydrogen-bond donors (Lipinski definition) is 1. The number of oxime groups is 1. The fourth-order valence-electron chi connectivity index (χ4n) is 0.749. The van der Waals surface area contributed by atoms with Gasteiger partial charge in [-0.3, -0.25) is 0 Å². The average Bonchev–Trinajstić information content (AvgIpc) is 1.96. The molecule has 0 unspecified atom stereocenters. The molecule has 0 saturated carbocycles. The van der Waals surface area contributed by atoms with E-state index in [0.29, 0.717) is 0 Å². The average molecular weight is 183 g/mol. The van der Waals surface area contributed by atoms with Gasteiger partial charge < -0.3 is 5.21 Å². The van der Waals surface area contributed by atoms with Crippen molar-refractivity contribution >= 4 is 5.71 Å². The predicted molar refractivity (Wildman–Crippen MR) is 57.3 cm³/mol. The normalized spacial score (nSPS) is 15.3. The third-order valence-corrected chi connectivity index (χ3v) is 2.25. The van der Waals surface area contributed by atoms with Gasteiger partial charge in [0.15, 0.2) is 0 Å². The van der Waals surface area contributed by atoms with Gasteiger partial charge in [0.25, 0.3) is 0 Å². The molecule has 76 valence electrons. The van der Waals surface area contributed by atoms with E-state index in [9.17, 15) is 0 Å². The summed E-state index contributed by atoms with van der Waals surface area (Å²) in [5.41, 5.74) is 2.12. The van der Waals surface area contributed by atoms with E-state index in [-0.39, 0.29) is 11.3 Å². The molecule has 0 radical (unpaired) electrons. The van der Waals surface area contributed by atoms with Crippen LogP contribution in [0.15, 0.2) is 16.8 Å². The molecule has 0 rings (SSSR count). The zero-order valence-corrected chi connectivity index (χ0v) is 9.55. The van der Waals surface area contributed by atoms with Crippen molar-refractivity contribution < 1.29 is 5.21 Å². The van der Waals surface area contributed by atoms with E-state index < -0.39 is 0 Å². The van der Waals surface area contributed by atoms with Gasteiger partial charge in [0, 0.05) is 0 Å². The Kier molecular flexibility index (Phi) is 4.18. The summed E-state index contributed by atoms with van der Waals surface area (Å²) in [6.07, 6.45) is 1.96. The maximum absolute atomic E-state index is 8.75. The lowest BCUT2D eigenvalue weighted by Gasteiger charge is -2.20. The van der Waals surface area contributed by atoms with Crippen molar-refractivity contribution in [1.29, 1.82) is 0 Å². The maximum Gasteiger partial charge on any atom is 0.0820 e. The molecule has 13 heavy (non-hydrogen) atoms. The Bertz CT molecular complexity index is 219. The van der Waals surface area contributed by atoms with Gasteiger partial charge in [0.1, 0.15) is 0 Å². The van der Waals surface area contributed by atoms with Crippen molar-refractivity contribution in [2.75, 3.05) is 0 Å². The largest absolute Gasteiger partial charge is 0.411 e. The Balaban J connectivity index is 4.74. The second-order valence-corrected chi connectivity index (χ2v) is 4.76. The maximum atomic E-state index is 8.75. The van der Waals surface area contributed by atoms with E-state index in [1.807, 2.05) is 19.9 Å². The second kappa shape index (κ2) is 4.45. The summed E-state index contributed by atoms with van der Waals surface area (Å²) in [6, 6.07) is 0. The third-order valence-electron chi connectivity index (χ3n) is 2.25. The van der Waals surface area contributed by atoms with Crippen LogP contribution >= 0.6 is 0 Å². The molecule has 0 spiro atoms. The van der Waals surface area contributed by atoms with Crippen molar-refractivity contribution in [1.82, 2.24) is 0 Å².